The van der Waals surface area contributed by atoms with Gasteiger partial charge in [0.1, 0.15) is 5.75 Å². The normalized spacial score (nSPS) is 12.7. The fraction of sp³-hybridized carbons (Fsp3) is 0.500. The molecule has 0 aliphatic rings. The maximum atomic E-state index is 12.1. The van der Waals surface area contributed by atoms with Crippen molar-refractivity contribution in [2.75, 3.05) is 13.7 Å². The Morgan fingerprint density at radius 2 is 1.90 bits per heavy atom. The Morgan fingerprint density at radius 3 is 2.43 bits per heavy atom. The zero-order chi connectivity index (χ0) is 15.9. The molecule has 1 N–H and O–H groups in total. The van der Waals surface area contributed by atoms with E-state index in [9.17, 15) is 13.2 Å². The van der Waals surface area contributed by atoms with Gasteiger partial charge >= 0.3 is 5.97 Å². The number of methoxy groups -OCH3 is 1. The SMILES string of the molecule is CCCC(C)NS(=O)(=O)c1ccc(OCC(=O)OC)cc1. The van der Waals surface area contributed by atoms with E-state index >= 15 is 0 Å². The van der Waals surface area contributed by atoms with Crippen molar-refractivity contribution in [3.8, 4) is 5.75 Å². The standard InChI is InChI=1S/C14H21NO5S/c1-4-5-11(2)15-21(17,18)13-8-6-12(7-9-13)20-10-14(16)19-3/h6-9,11,15H,4-5,10H2,1-3H3. The topological polar surface area (TPSA) is 81.7 Å². The molecular formula is C14H21NO5S. The summed E-state index contributed by atoms with van der Waals surface area (Å²) in [6, 6.07) is 5.76. The molecule has 1 atom stereocenters. The van der Waals surface area contributed by atoms with Gasteiger partial charge in [-0.15, -0.1) is 0 Å². The maximum Gasteiger partial charge on any atom is 0.343 e. The van der Waals surface area contributed by atoms with Crippen molar-refractivity contribution in [2.24, 2.45) is 0 Å². The monoisotopic (exact) mass is 315 g/mol. The van der Waals surface area contributed by atoms with E-state index in [2.05, 4.69) is 9.46 Å². The number of ether oxygens (including phenoxy) is 2. The van der Waals surface area contributed by atoms with E-state index in [1.165, 1.54) is 31.4 Å². The highest BCUT2D eigenvalue weighted by Crippen LogP contribution is 2.16. The number of nitrogens with one attached hydrogen (secondary N) is 1. The minimum absolute atomic E-state index is 0.116. The number of carbonyl (C=O) groups is 1. The van der Waals surface area contributed by atoms with Gasteiger partial charge in [0, 0.05) is 6.04 Å². The van der Waals surface area contributed by atoms with Crippen LogP contribution >= 0.6 is 0 Å². The molecule has 1 unspecified atom stereocenters. The van der Waals surface area contributed by atoms with Crippen LogP contribution in [0, 0.1) is 0 Å². The molecule has 0 radical (unpaired) electrons. The Morgan fingerprint density at radius 1 is 1.29 bits per heavy atom. The number of rotatable bonds is 8. The fourth-order valence-electron chi connectivity index (χ4n) is 1.74. The highest BCUT2D eigenvalue weighted by molar-refractivity contribution is 7.89. The van der Waals surface area contributed by atoms with E-state index in [0.29, 0.717) is 5.75 Å². The van der Waals surface area contributed by atoms with Crippen LogP contribution in [0.1, 0.15) is 26.7 Å². The van der Waals surface area contributed by atoms with Crippen LogP contribution in [0.25, 0.3) is 0 Å². The molecule has 6 nitrogen and oxygen atoms in total. The first-order valence-electron chi connectivity index (χ1n) is 6.71. The van der Waals surface area contributed by atoms with Gasteiger partial charge in [-0.25, -0.2) is 17.9 Å². The zero-order valence-electron chi connectivity index (χ0n) is 12.5. The summed E-state index contributed by atoms with van der Waals surface area (Å²) < 4.78 is 36.4. The van der Waals surface area contributed by atoms with Gasteiger partial charge in [0.25, 0.3) is 0 Å². The first-order chi connectivity index (χ1) is 9.89. The molecule has 0 saturated heterocycles. The Bertz CT molecular complexity index is 553. The molecule has 0 fully saturated rings. The smallest absolute Gasteiger partial charge is 0.343 e. The maximum absolute atomic E-state index is 12.1. The molecule has 0 aromatic heterocycles. The Labute approximate surface area is 125 Å². The summed E-state index contributed by atoms with van der Waals surface area (Å²) in [6.07, 6.45) is 1.68. The molecule has 0 spiro atoms. The summed E-state index contributed by atoms with van der Waals surface area (Å²) in [5.41, 5.74) is 0. The van der Waals surface area contributed by atoms with Crippen molar-refractivity contribution < 1.29 is 22.7 Å². The van der Waals surface area contributed by atoms with Crippen LogP contribution in [-0.4, -0.2) is 34.1 Å². The van der Waals surface area contributed by atoms with Gasteiger partial charge in [0.2, 0.25) is 10.0 Å². The van der Waals surface area contributed by atoms with E-state index in [0.717, 1.165) is 12.8 Å². The number of benzene rings is 1. The number of carbonyl (C=O) groups excluding carboxylic acids is 1. The lowest BCUT2D eigenvalue weighted by molar-refractivity contribution is -0.142. The van der Waals surface area contributed by atoms with Crippen LogP contribution in [0.15, 0.2) is 29.2 Å². The van der Waals surface area contributed by atoms with Crippen molar-refractivity contribution in [1.29, 1.82) is 0 Å². The average Bonchev–Trinajstić information content (AvgIpc) is 2.44. The third-order valence-corrected chi connectivity index (χ3v) is 4.40. The minimum atomic E-state index is -3.53. The Hall–Kier alpha value is -1.60. The van der Waals surface area contributed by atoms with Crippen molar-refractivity contribution in [2.45, 2.75) is 37.6 Å². The van der Waals surface area contributed by atoms with Crippen molar-refractivity contribution >= 4 is 16.0 Å². The lowest BCUT2D eigenvalue weighted by Crippen LogP contribution is -2.32. The van der Waals surface area contributed by atoms with E-state index in [1.54, 1.807) is 0 Å². The number of esters is 1. The second kappa shape index (κ2) is 7.99. The summed E-state index contributed by atoms with van der Waals surface area (Å²) >= 11 is 0. The third-order valence-electron chi connectivity index (χ3n) is 2.80. The summed E-state index contributed by atoms with van der Waals surface area (Å²) in [7, 11) is -2.26. The van der Waals surface area contributed by atoms with Gasteiger partial charge in [-0.2, -0.15) is 0 Å². The molecule has 0 amide bonds. The highest BCUT2D eigenvalue weighted by atomic mass is 32.2. The molecule has 1 aromatic carbocycles. The average molecular weight is 315 g/mol. The van der Waals surface area contributed by atoms with Crippen LogP contribution in [-0.2, 0) is 19.6 Å². The number of sulfonamides is 1. The molecular weight excluding hydrogens is 294 g/mol. The Kier molecular flexibility index (Phi) is 6.64. The minimum Gasteiger partial charge on any atom is -0.482 e. The molecule has 0 aliphatic heterocycles. The van der Waals surface area contributed by atoms with Gasteiger partial charge in [0.05, 0.1) is 12.0 Å². The van der Waals surface area contributed by atoms with E-state index in [1.807, 2.05) is 13.8 Å². The van der Waals surface area contributed by atoms with Gasteiger partial charge in [-0.1, -0.05) is 13.3 Å². The van der Waals surface area contributed by atoms with Crippen molar-refractivity contribution in [3.63, 3.8) is 0 Å². The summed E-state index contributed by atoms with van der Waals surface area (Å²) in [5, 5.41) is 0. The van der Waals surface area contributed by atoms with E-state index in [-0.39, 0.29) is 17.5 Å². The lowest BCUT2D eigenvalue weighted by Gasteiger charge is -2.13. The quantitative estimate of drug-likeness (QED) is 0.739. The molecule has 0 heterocycles. The van der Waals surface area contributed by atoms with Gasteiger partial charge in [-0.3, -0.25) is 0 Å². The highest BCUT2D eigenvalue weighted by Gasteiger charge is 2.16. The lowest BCUT2D eigenvalue weighted by atomic mass is 10.2. The van der Waals surface area contributed by atoms with Crippen LogP contribution in [0.2, 0.25) is 0 Å². The van der Waals surface area contributed by atoms with Crippen LogP contribution in [0.5, 0.6) is 5.75 Å². The third kappa shape index (κ3) is 5.73. The van der Waals surface area contributed by atoms with Gasteiger partial charge in [-0.05, 0) is 37.6 Å². The summed E-state index contributed by atoms with van der Waals surface area (Å²) in [4.78, 5) is 11.1. The second-order valence-electron chi connectivity index (χ2n) is 4.65. The predicted molar refractivity (Wildman–Crippen MR) is 78.6 cm³/mol. The zero-order valence-corrected chi connectivity index (χ0v) is 13.3. The summed E-state index contributed by atoms with van der Waals surface area (Å²) in [6.45, 7) is 3.61. The van der Waals surface area contributed by atoms with Gasteiger partial charge in [0.15, 0.2) is 6.61 Å². The predicted octanol–water partition coefficient (Wildman–Crippen LogP) is 1.71. The number of hydrogen-bond acceptors (Lipinski definition) is 5. The van der Waals surface area contributed by atoms with Crippen LogP contribution in [0.4, 0.5) is 0 Å². The largest absolute Gasteiger partial charge is 0.482 e. The van der Waals surface area contributed by atoms with Crippen molar-refractivity contribution in [1.82, 2.24) is 4.72 Å². The first kappa shape index (κ1) is 17.5. The molecule has 0 bridgehead atoms. The molecule has 1 aromatic rings. The first-order valence-corrected chi connectivity index (χ1v) is 8.19. The summed E-state index contributed by atoms with van der Waals surface area (Å²) in [5.74, 6) is -0.0947. The molecule has 0 aliphatic carbocycles. The van der Waals surface area contributed by atoms with Crippen molar-refractivity contribution in [3.05, 3.63) is 24.3 Å². The molecule has 21 heavy (non-hydrogen) atoms. The van der Waals surface area contributed by atoms with Crippen LogP contribution in [0.3, 0.4) is 0 Å². The Balaban J connectivity index is 2.70. The molecule has 118 valence electrons. The van der Waals surface area contributed by atoms with Crippen LogP contribution < -0.4 is 9.46 Å². The fourth-order valence-corrected chi connectivity index (χ4v) is 3.02. The van der Waals surface area contributed by atoms with E-state index < -0.39 is 16.0 Å². The molecule has 1 rings (SSSR count). The molecule has 0 saturated carbocycles. The number of hydrogen-bond donors (Lipinski definition) is 1. The van der Waals surface area contributed by atoms with E-state index in [4.69, 9.17) is 4.74 Å². The van der Waals surface area contributed by atoms with Gasteiger partial charge < -0.3 is 9.47 Å². The second-order valence-corrected chi connectivity index (χ2v) is 6.36. The molecule has 7 heteroatoms.